The van der Waals surface area contributed by atoms with Gasteiger partial charge < -0.3 is 21.3 Å². The maximum atomic E-state index is 12.5. The SMILES string of the molecule is Cc1ccc(C(=O)NC2CCNCC2)cc1NC(=O)Nc1ccccc1.Cl. The number of nitrogens with one attached hydrogen (secondary N) is 4. The molecule has 0 aromatic heterocycles. The molecule has 6 nitrogen and oxygen atoms in total. The molecule has 1 heterocycles. The topological polar surface area (TPSA) is 82.3 Å². The van der Waals surface area contributed by atoms with Gasteiger partial charge in [-0.05, 0) is 62.7 Å². The van der Waals surface area contributed by atoms with Crippen molar-refractivity contribution in [2.75, 3.05) is 23.7 Å². The van der Waals surface area contributed by atoms with Crippen molar-refractivity contribution in [1.82, 2.24) is 10.6 Å². The first-order valence-electron chi connectivity index (χ1n) is 8.87. The largest absolute Gasteiger partial charge is 0.349 e. The van der Waals surface area contributed by atoms with Crippen LogP contribution in [-0.2, 0) is 0 Å². The van der Waals surface area contributed by atoms with Crippen molar-refractivity contribution >= 4 is 35.7 Å². The highest BCUT2D eigenvalue weighted by Gasteiger charge is 2.17. The Balaban J connectivity index is 0.00000261. The van der Waals surface area contributed by atoms with E-state index in [1.807, 2.05) is 43.3 Å². The molecule has 0 saturated carbocycles. The monoisotopic (exact) mass is 388 g/mol. The van der Waals surface area contributed by atoms with E-state index in [2.05, 4.69) is 21.3 Å². The van der Waals surface area contributed by atoms with Crippen LogP contribution in [0.3, 0.4) is 0 Å². The van der Waals surface area contributed by atoms with Crippen LogP contribution in [0.25, 0.3) is 0 Å². The van der Waals surface area contributed by atoms with Gasteiger partial charge in [0.2, 0.25) is 0 Å². The number of amides is 3. The van der Waals surface area contributed by atoms with Gasteiger partial charge in [0.1, 0.15) is 0 Å². The molecule has 0 unspecified atom stereocenters. The van der Waals surface area contributed by atoms with Crippen molar-refractivity contribution in [2.45, 2.75) is 25.8 Å². The van der Waals surface area contributed by atoms with Crippen molar-refractivity contribution in [2.24, 2.45) is 0 Å². The quantitative estimate of drug-likeness (QED) is 0.646. The van der Waals surface area contributed by atoms with E-state index in [0.717, 1.165) is 31.5 Å². The Kier molecular flexibility index (Phi) is 7.64. The molecule has 1 aliphatic heterocycles. The number of aryl methyl sites for hydroxylation is 1. The first-order chi connectivity index (χ1) is 12.6. The molecule has 2 aromatic carbocycles. The highest BCUT2D eigenvalue weighted by Crippen LogP contribution is 2.18. The highest BCUT2D eigenvalue weighted by atomic mass is 35.5. The van der Waals surface area contributed by atoms with Gasteiger partial charge >= 0.3 is 6.03 Å². The average molecular weight is 389 g/mol. The minimum atomic E-state index is -0.338. The van der Waals surface area contributed by atoms with Crippen LogP contribution in [0.4, 0.5) is 16.2 Å². The molecule has 0 spiro atoms. The van der Waals surface area contributed by atoms with Crippen LogP contribution in [0.1, 0.15) is 28.8 Å². The zero-order chi connectivity index (χ0) is 18.4. The summed E-state index contributed by atoms with van der Waals surface area (Å²) in [6.45, 7) is 3.74. The van der Waals surface area contributed by atoms with Crippen LogP contribution in [0, 0.1) is 6.92 Å². The lowest BCUT2D eigenvalue weighted by Crippen LogP contribution is -2.42. The van der Waals surface area contributed by atoms with Gasteiger partial charge in [-0.25, -0.2) is 4.79 Å². The van der Waals surface area contributed by atoms with E-state index in [9.17, 15) is 9.59 Å². The Labute approximate surface area is 165 Å². The maximum absolute atomic E-state index is 12.5. The van der Waals surface area contributed by atoms with Crippen LogP contribution in [-0.4, -0.2) is 31.1 Å². The van der Waals surface area contributed by atoms with E-state index < -0.39 is 0 Å². The van der Waals surface area contributed by atoms with Gasteiger partial charge in [-0.2, -0.15) is 0 Å². The molecule has 0 bridgehead atoms. The van der Waals surface area contributed by atoms with Gasteiger partial charge in [0.25, 0.3) is 5.91 Å². The van der Waals surface area contributed by atoms with Crippen LogP contribution in [0.15, 0.2) is 48.5 Å². The fourth-order valence-electron chi connectivity index (χ4n) is 2.94. The Hall–Kier alpha value is -2.57. The molecule has 0 atom stereocenters. The molecule has 1 saturated heterocycles. The third kappa shape index (κ3) is 5.98. The summed E-state index contributed by atoms with van der Waals surface area (Å²) in [5.41, 5.74) is 2.77. The first kappa shape index (κ1) is 20.7. The molecule has 1 fully saturated rings. The molecule has 3 amide bonds. The summed E-state index contributed by atoms with van der Waals surface area (Å²) in [5, 5.41) is 11.9. The summed E-state index contributed by atoms with van der Waals surface area (Å²) < 4.78 is 0. The van der Waals surface area contributed by atoms with Crippen molar-refractivity contribution in [1.29, 1.82) is 0 Å². The molecule has 7 heteroatoms. The van der Waals surface area contributed by atoms with Crippen LogP contribution in [0.5, 0.6) is 0 Å². The van der Waals surface area contributed by atoms with E-state index in [0.29, 0.717) is 16.9 Å². The van der Waals surface area contributed by atoms with Gasteiger partial charge in [0.15, 0.2) is 0 Å². The lowest BCUT2D eigenvalue weighted by molar-refractivity contribution is 0.0929. The van der Waals surface area contributed by atoms with Crippen molar-refractivity contribution in [3.63, 3.8) is 0 Å². The molecule has 0 radical (unpaired) electrons. The first-order valence-corrected chi connectivity index (χ1v) is 8.87. The Morgan fingerprint density at radius 2 is 1.70 bits per heavy atom. The van der Waals surface area contributed by atoms with Crippen molar-refractivity contribution in [3.8, 4) is 0 Å². The second kappa shape index (κ2) is 9.94. The third-order valence-corrected chi connectivity index (χ3v) is 4.45. The predicted molar refractivity (Wildman–Crippen MR) is 111 cm³/mol. The van der Waals surface area contributed by atoms with E-state index in [1.165, 1.54) is 0 Å². The lowest BCUT2D eigenvalue weighted by atomic mass is 10.1. The van der Waals surface area contributed by atoms with Crippen LogP contribution < -0.4 is 21.3 Å². The summed E-state index contributed by atoms with van der Waals surface area (Å²) in [6, 6.07) is 14.4. The molecule has 1 aliphatic rings. The molecule has 144 valence electrons. The number of carbonyl (C=O) groups excluding carboxylic acids is 2. The Morgan fingerprint density at radius 1 is 1.00 bits per heavy atom. The average Bonchev–Trinajstić information content (AvgIpc) is 2.65. The van der Waals surface area contributed by atoms with E-state index in [-0.39, 0.29) is 30.4 Å². The molecule has 27 heavy (non-hydrogen) atoms. The summed E-state index contributed by atoms with van der Waals surface area (Å²) in [4.78, 5) is 24.7. The standard InChI is InChI=1S/C20H24N4O2.ClH/c1-14-7-8-15(19(25)22-17-9-11-21-12-10-17)13-18(14)24-20(26)23-16-5-3-2-4-6-16;/h2-8,13,17,21H,9-12H2,1H3,(H,22,25)(H2,23,24,26);1H. The number of anilines is 2. The normalized spacial score (nSPS) is 14.0. The summed E-state index contributed by atoms with van der Waals surface area (Å²) in [5.74, 6) is -0.108. The van der Waals surface area contributed by atoms with Gasteiger partial charge in [0, 0.05) is 23.0 Å². The van der Waals surface area contributed by atoms with Crippen molar-refractivity contribution in [3.05, 3.63) is 59.7 Å². The fourth-order valence-corrected chi connectivity index (χ4v) is 2.94. The van der Waals surface area contributed by atoms with Gasteiger partial charge in [0.05, 0.1) is 0 Å². The van der Waals surface area contributed by atoms with Crippen LogP contribution >= 0.6 is 12.4 Å². The minimum absolute atomic E-state index is 0. The van der Waals surface area contributed by atoms with Crippen LogP contribution in [0.2, 0.25) is 0 Å². The fraction of sp³-hybridized carbons (Fsp3) is 0.300. The van der Waals surface area contributed by atoms with E-state index in [1.54, 1.807) is 12.1 Å². The zero-order valence-corrected chi connectivity index (χ0v) is 16.1. The number of halogens is 1. The summed E-state index contributed by atoms with van der Waals surface area (Å²) >= 11 is 0. The second-order valence-electron chi connectivity index (χ2n) is 6.47. The number of hydrogen-bond acceptors (Lipinski definition) is 3. The highest BCUT2D eigenvalue weighted by molar-refractivity contribution is 6.02. The smallest absolute Gasteiger partial charge is 0.323 e. The molecule has 2 aromatic rings. The number of benzene rings is 2. The van der Waals surface area contributed by atoms with Gasteiger partial charge in [-0.15, -0.1) is 12.4 Å². The summed E-state index contributed by atoms with van der Waals surface area (Å²) in [6.07, 6.45) is 1.87. The number of hydrogen-bond donors (Lipinski definition) is 4. The molecule has 4 N–H and O–H groups in total. The number of carbonyl (C=O) groups is 2. The Morgan fingerprint density at radius 3 is 2.41 bits per heavy atom. The lowest BCUT2D eigenvalue weighted by Gasteiger charge is -2.23. The number of para-hydroxylation sites is 1. The number of piperidine rings is 1. The third-order valence-electron chi connectivity index (χ3n) is 4.45. The zero-order valence-electron chi connectivity index (χ0n) is 15.2. The molecule has 3 rings (SSSR count). The molecule has 0 aliphatic carbocycles. The Bertz CT molecular complexity index is 777. The molecular formula is C20H25ClN4O2. The second-order valence-corrected chi connectivity index (χ2v) is 6.47. The molecular weight excluding hydrogens is 364 g/mol. The predicted octanol–water partition coefficient (Wildman–Crippen LogP) is 3.54. The van der Waals surface area contributed by atoms with Gasteiger partial charge in [-0.3, -0.25) is 4.79 Å². The van der Waals surface area contributed by atoms with Gasteiger partial charge in [-0.1, -0.05) is 24.3 Å². The van der Waals surface area contributed by atoms with Crippen molar-refractivity contribution < 1.29 is 9.59 Å². The van der Waals surface area contributed by atoms with E-state index >= 15 is 0 Å². The number of urea groups is 1. The minimum Gasteiger partial charge on any atom is -0.349 e. The number of rotatable bonds is 4. The van der Waals surface area contributed by atoms with E-state index in [4.69, 9.17) is 0 Å². The maximum Gasteiger partial charge on any atom is 0.323 e. The summed E-state index contributed by atoms with van der Waals surface area (Å²) in [7, 11) is 0.